The molecule has 1 aliphatic heterocycles. The number of methoxy groups -OCH3 is 1. The van der Waals surface area contributed by atoms with E-state index < -0.39 is 23.7 Å². The van der Waals surface area contributed by atoms with Crippen LogP contribution in [0.15, 0.2) is 73.1 Å². The number of benzene rings is 3. The van der Waals surface area contributed by atoms with E-state index in [1.807, 2.05) is 12.1 Å². The number of anilines is 1. The first kappa shape index (κ1) is 27.9. The van der Waals surface area contributed by atoms with E-state index in [4.69, 9.17) is 9.47 Å². The Kier molecular flexibility index (Phi) is 8.00. The molecule has 2 aromatic heterocycles. The minimum atomic E-state index is -1.38. The van der Waals surface area contributed by atoms with Crippen molar-refractivity contribution in [3.05, 3.63) is 84.4 Å². The highest BCUT2D eigenvalue weighted by molar-refractivity contribution is 6.02. The summed E-state index contributed by atoms with van der Waals surface area (Å²) in [6, 6.07) is 16.6. The van der Waals surface area contributed by atoms with Gasteiger partial charge in [0, 0.05) is 30.5 Å². The zero-order chi connectivity index (χ0) is 29.8. The van der Waals surface area contributed by atoms with E-state index in [2.05, 4.69) is 31.2 Å². The fourth-order valence-corrected chi connectivity index (χ4v) is 5.16. The van der Waals surface area contributed by atoms with Crippen molar-refractivity contribution in [2.45, 2.75) is 31.5 Å². The van der Waals surface area contributed by atoms with Crippen molar-refractivity contribution < 1.29 is 23.5 Å². The van der Waals surface area contributed by atoms with Crippen molar-refractivity contribution in [3.63, 3.8) is 0 Å². The predicted molar refractivity (Wildman–Crippen MR) is 152 cm³/mol. The topological polar surface area (TPSA) is 142 Å². The quantitative estimate of drug-likeness (QED) is 0.262. The van der Waals surface area contributed by atoms with Crippen LogP contribution in [0.3, 0.4) is 0 Å². The second kappa shape index (κ2) is 12.3. The molecule has 0 aliphatic carbocycles. The van der Waals surface area contributed by atoms with Crippen molar-refractivity contribution in [1.29, 1.82) is 0 Å². The maximum atomic E-state index is 15.4. The van der Waals surface area contributed by atoms with Crippen LogP contribution in [0.2, 0.25) is 0 Å². The van der Waals surface area contributed by atoms with Crippen LogP contribution in [-0.4, -0.2) is 73.4 Å². The normalized spacial score (nSPS) is 15.3. The van der Waals surface area contributed by atoms with Gasteiger partial charge >= 0.3 is 0 Å². The average Bonchev–Trinajstić information content (AvgIpc) is 3.82. The zero-order valence-electron chi connectivity index (χ0n) is 23.2. The van der Waals surface area contributed by atoms with Crippen LogP contribution in [0.5, 0.6) is 5.75 Å². The zero-order valence-corrected chi connectivity index (χ0v) is 23.2. The first-order valence-corrected chi connectivity index (χ1v) is 13.7. The van der Waals surface area contributed by atoms with Crippen molar-refractivity contribution in [1.82, 2.24) is 40.5 Å². The Balaban J connectivity index is 1.45. The number of hydrogen-bond donors (Lipinski definition) is 1. The summed E-state index contributed by atoms with van der Waals surface area (Å²) in [5.41, 5.74) is 2.04. The summed E-state index contributed by atoms with van der Waals surface area (Å²) in [6.45, 7) is 0.559. The second-order valence-corrected chi connectivity index (χ2v) is 9.91. The SMILES string of the molecule is COc1cc(N(C(=O)Cn2nnc3ccccc32)C(C(=O)NCC2CCCO2)c2ccccc2F)ccc1-n1cnnn1. The number of tetrazole rings is 1. The lowest BCUT2D eigenvalue weighted by Crippen LogP contribution is -2.47. The smallest absolute Gasteiger partial charge is 0.249 e. The predicted octanol–water partition coefficient (Wildman–Crippen LogP) is 2.62. The molecule has 0 spiro atoms. The van der Waals surface area contributed by atoms with Crippen LogP contribution in [0.4, 0.5) is 10.1 Å². The van der Waals surface area contributed by atoms with Gasteiger partial charge in [0.1, 0.15) is 41.7 Å². The highest BCUT2D eigenvalue weighted by Gasteiger charge is 2.36. The molecular formula is C29H28FN9O4. The number of para-hydroxylation sites is 1. The summed E-state index contributed by atoms with van der Waals surface area (Å²) < 4.78 is 29.6. The number of amides is 2. The molecule has 0 radical (unpaired) electrons. The molecule has 2 unspecified atom stereocenters. The molecule has 220 valence electrons. The third-order valence-electron chi connectivity index (χ3n) is 7.25. The number of halogens is 1. The molecule has 1 aliphatic rings. The van der Waals surface area contributed by atoms with Crippen LogP contribution in [0.25, 0.3) is 16.7 Å². The van der Waals surface area contributed by atoms with Gasteiger partial charge in [-0.2, -0.15) is 4.68 Å². The van der Waals surface area contributed by atoms with Gasteiger partial charge in [-0.15, -0.1) is 10.2 Å². The molecule has 0 bridgehead atoms. The summed E-state index contributed by atoms with van der Waals surface area (Å²) in [7, 11) is 1.46. The first-order chi connectivity index (χ1) is 21.0. The second-order valence-electron chi connectivity index (χ2n) is 9.91. The van der Waals surface area contributed by atoms with E-state index in [0.717, 1.165) is 12.8 Å². The fraction of sp³-hybridized carbons (Fsp3) is 0.276. The van der Waals surface area contributed by atoms with Gasteiger partial charge in [0.05, 0.1) is 18.7 Å². The highest BCUT2D eigenvalue weighted by atomic mass is 19.1. The van der Waals surface area contributed by atoms with Crippen molar-refractivity contribution in [3.8, 4) is 11.4 Å². The lowest BCUT2D eigenvalue weighted by molar-refractivity contribution is -0.127. The van der Waals surface area contributed by atoms with Crippen LogP contribution < -0.4 is 15.0 Å². The van der Waals surface area contributed by atoms with Crippen LogP contribution in [0, 0.1) is 5.82 Å². The van der Waals surface area contributed by atoms with Crippen molar-refractivity contribution >= 4 is 28.5 Å². The van der Waals surface area contributed by atoms with Crippen molar-refractivity contribution in [2.75, 3.05) is 25.2 Å². The molecule has 13 nitrogen and oxygen atoms in total. The molecule has 1 N–H and O–H groups in total. The maximum Gasteiger partial charge on any atom is 0.249 e. The molecule has 3 aromatic carbocycles. The Hall–Kier alpha value is -5.24. The molecule has 2 amide bonds. The maximum absolute atomic E-state index is 15.4. The Morgan fingerprint density at radius 3 is 2.74 bits per heavy atom. The number of aromatic nitrogens is 7. The summed E-state index contributed by atoms with van der Waals surface area (Å²) in [6.07, 6.45) is 2.92. The first-order valence-electron chi connectivity index (χ1n) is 13.7. The van der Waals surface area contributed by atoms with Gasteiger partial charge in [-0.05, 0) is 53.6 Å². The third kappa shape index (κ3) is 5.77. The van der Waals surface area contributed by atoms with E-state index in [1.54, 1.807) is 36.4 Å². The van der Waals surface area contributed by atoms with Gasteiger partial charge in [0.15, 0.2) is 0 Å². The van der Waals surface area contributed by atoms with E-state index in [0.29, 0.717) is 29.1 Å². The minimum absolute atomic E-state index is 0.0210. The molecule has 1 fully saturated rings. The fourth-order valence-electron chi connectivity index (χ4n) is 5.16. The number of nitrogens with one attached hydrogen (secondary N) is 1. The average molecular weight is 586 g/mol. The van der Waals surface area contributed by atoms with E-state index in [-0.39, 0.29) is 30.4 Å². The molecule has 2 atom stereocenters. The van der Waals surface area contributed by atoms with E-state index in [1.165, 1.54) is 45.9 Å². The molecule has 5 aromatic rings. The van der Waals surface area contributed by atoms with Gasteiger partial charge < -0.3 is 14.8 Å². The van der Waals surface area contributed by atoms with Gasteiger partial charge in [-0.25, -0.2) is 9.07 Å². The highest BCUT2D eigenvalue weighted by Crippen LogP contribution is 2.34. The molecule has 6 rings (SSSR count). The Bertz CT molecular complexity index is 1740. The summed E-state index contributed by atoms with van der Waals surface area (Å²) in [5, 5.41) is 22.4. The number of nitrogens with zero attached hydrogens (tertiary/aromatic N) is 8. The molecule has 14 heteroatoms. The Morgan fingerprint density at radius 2 is 1.98 bits per heavy atom. The number of ether oxygens (including phenoxy) is 2. The molecule has 1 saturated heterocycles. The standard InChI is InChI=1S/C29H28FN9O4/c1-42-26-15-19(12-13-25(26)38-18-32-34-36-38)39(27(40)17-37-24-11-5-4-10-23(24)33-35-37)28(21-8-2-3-9-22(21)30)29(41)31-16-20-7-6-14-43-20/h2-5,8-13,15,18,20,28H,6-7,14,16-17H2,1H3,(H,31,41). The van der Waals surface area contributed by atoms with Crippen LogP contribution >= 0.6 is 0 Å². The Labute approximate surface area is 245 Å². The molecule has 3 heterocycles. The van der Waals surface area contributed by atoms with Crippen LogP contribution in [0.1, 0.15) is 24.4 Å². The number of rotatable bonds is 10. The van der Waals surface area contributed by atoms with Gasteiger partial charge in [-0.3, -0.25) is 14.5 Å². The van der Waals surface area contributed by atoms with E-state index in [9.17, 15) is 9.59 Å². The molecule has 43 heavy (non-hydrogen) atoms. The lowest BCUT2D eigenvalue weighted by Gasteiger charge is -2.32. The summed E-state index contributed by atoms with van der Waals surface area (Å²) >= 11 is 0. The Morgan fingerprint density at radius 1 is 1.14 bits per heavy atom. The summed E-state index contributed by atoms with van der Waals surface area (Å²) in [5.74, 6) is -1.42. The van der Waals surface area contributed by atoms with Crippen LogP contribution in [-0.2, 0) is 20.9 Å². The minimum Gasteiger partial charge on any atom is -0.494 e. The van der Waals surface area contributed by atoms with E-state index >= 15 is 4.39 Å². The van der Waals surface area contributed by atoms with Gasteiger partial charge in [0.25, 0.3) is 0 Å². The monoisotopic (exact) mass is 585 g/mol. The number of hydrogen-bond acceptors (Lipinski definition) is 9. The molecular weight excluding hydrogens is 557 g/mol. The molecule has 0 saturated carbocycles. The number of carbonyl (C=O) groups is 2. The lowest BCUT2D eigenvalue weighted by atomic mass is 10.0. The number of carbonyl (C=O) groups excluding carboxylic acids is 2. The summed E-state index contributed by atoms with van der Waals surface area (Å²) in [4.78, 5) is 29.5. The largest absolute Gasteiger partial charge is 0.494 e. The van der Waals surface area contributed by atoms with Gasteiger partial charge in [0.2, 0.25) is 11.8 Å². The number of fused-ring (bicyclic) bond motifs is 1. The third-order valence-corrected chi connectivity index (χ3v) is 7.25. The van der Waals surface area contributed by atoms with Gasteiger partial charge in [-0.1, -0.05) is 35.5 Å². The van der Waals surface area contributed by atoms with Crippen molar-refractivity contribution in [2.24, 2.45) is 0 Å².